The molecular weight excluding hydrogens is 743 g/mol. The number of carbonyl (C=O) groups excluding carboxylic acids is 2. The van der Waals surface area contributed by atoms with Gasteiger partial charge in [0.1, 0.15) is 0 Å². The summed E-state index contributed by atoms with van der Waals surface area (Å²) in [6.07, 6.45) is 58.1. The normalized spacial score (nSPS) is 12.7. The second-order valence-corrected chi connectivity index (χ2v) is 18.6. The topological polar surface area (TPSA) is 95.9 Å². The SMILES string of the molecule is CCCCCCCCC/C=C/C(O)C(CO)NC(=O)CCCCCCCCCCCCCCCCCCCCCCCCOC(=O)CCCCCCCCCCCCCC. The second-order valence-electron chi connectivity index (χ2n) is 18.6. The molecule has 2 atom stereocenters. The minimum Gasteiger partial charge on any atom is -0.466 e. The zero-order valence-corrected chi connectivity index (χ0v) is 40.5. The summed E-state index contributed by atoms with van der Waals surface area (Å²) in [7, 11) is 0. The second kappa shape index (κ2) is 50.2. The molecule has 0 aliphatic heterocycles. The molecule has 0 radical (unpaired) electrons. The fourth-order valence-corrected chi connectivity index (χ4v) is 8.40. The van der Waals surface area contributed by atoms with Crippen molar-refractivity contribution >= 4 is 11.9 Å². The number of allylic oxidation sites excluding steroid dienone is 1. The van der Waals surface area contributed by atoms with Gasteiger partial charge in [-0.05, 0) is 32.1 Å². The maximum atomic E-state index is 12.4. The Bertz CT molecular complexity index is 893. The van der Waals surface area contributed by atoms with E-state index in [1.165, 1.54) is 231 Å². The van der Waals surface area contributed by atoms with E-state index >= 15 is 0 Å². The molecule has 0 heterocycles. The van der Waals surface area contributed by atoms with Crippen LogP contribution in [0.3, 0.4) is 0 Å². The maximum Gasteiger partial charge on any atom is 0.305 e. The first-order valence-electron chi connectivity index (χ1n) is 27.0. The fourth-order valence-electron chi connectivity index (χ4n) is 8.40. The summed E-state index contributed by atoms with van der Waals surface area (Å²) in [4.78, 5) is 24.4. The Balaban J connectivity index is 3.36. The third kappa shape index (κ3) is 46.1. The van der Waals surface area contributed by atoms with E-state index in [4.69, 9.17) is 4.74 Å². The molecule has 0 aliphatic rings. The van der Waals surface area contributed by atoms with Crippen molar-refractivity contribution in [3.63, 3.8) is 0 Å². The first kappa shape index (κ1) is 58.6. The highest BCUT2D eigenvalue weighted by Crippen LogP contribution is 2.17. The van der Waals surface area contributed by atoms with Gasteiger partial charge in [0.15, 0.2) is 0 Å². The summed E-state index contributed by atoms with van der Waals surface area (Å²) >= 11 is 0. The van der Waals surface area contributed by atoms with Gasteiger partial charge in [0.2, 0.25) is 5.91 Å². The smallest absolute Gasteiger partial charge is 0.305 e. The van der Waals surface area contributed by atoms with Crippen LogP contribution < -0.4 is 5.32 Å². The highest BCUT2D eigenvalue weighted by atomic mass is 16.5. The van der Waals surface area contributed by atoms with Crippen molar-refractivity contribution < 1.29 is 24.5 Å². The van der Waals surface area contributed by atoms with Crippen molar-refractivity contribution in [1.29, 1.82) is 0 Å². The molecule has 0 bridgehead atoms. The number of nitrogens with one attached hydrogen (secondary N) is 1. The molecule has 3 N–H and O–H groups in total. The third-order valence-electron chi connectivity index (χ3n) is 12.6. The Labute approximate surface area is 374 Å². The molecule has 2 unspecified atom stereocenters. The molecule has 60 heavy (non-hydrogen) atoms. The average molecular weight is 848 g/mol. The average Bonchev–Trinajstić information content (AvgIpc) is 3.25. The van der Waals surface area contributed by atoms with Gasteiger partial charge in [-0.1, -0.05) is 264 Å². The molecular formula is C54H105NO5. The highest BCUT2D eigenvalue weighted by molar-refractivity contribution is 5.76. The van der Waals surface area contributed by atoms with E-state index < -0.39 is 12.1 Å². The van der Waals surface area contributed by atoms with Crippen molar-refractivity contribution in [3.8, 4) is 0 Å². The van der Waals surface area contributed by atoms with E-state index in [1.54, 1.807) is 6.08 Å². The lowest BCUT2D eigenvalue weighted by molar-refractivity contribution is -0.143. The number of hydrogen-bond donors (Lipinski definition) is 3. The molecule has 6 heteroatoms. The molecule has 6 nitrogen and oxygen atoms in total. The van der Waals surface area contributed by atoms with E-state index in [9.17, 15) is 19.8 Å². The quantitative estimate of drug-likeness (QED) is 0.0322. The summed E-state index contributed by atoms with van der Waals surface area (Å²) in [6.45, 7) is 4.88. The monoisotopic (exact) mass is 848 g/mol. The van der Waals surface area contributed by atoms with Crippen molar-refractivity contribution in [2.24, 2.45) is 0 Å². The van der Waals surface area contributed by atoms with Gasteiger partial charge in [-0.25, -0.2) is 0 Å². The van der Waals surface area contributed by atoms with Crippen molar-refractivity contribution in [1.82, 2.24) is 5.32 Å². The van der Waals surface area contributed by atoms with Crippen LogP contribution in [0.5, 0.6) is 0 Å². The molecule has 0 aliphatic carbocycles. The number of hydrogen-bond acceptors (Lipinski definition) is 5. The number of carbonyl (C=O) groups is 2. The van der Waals surface area contributed by atoms with Crippen LogP contribution in [-0.2, 0) is 14.3 Å². The molecule has 1 amide bonds. The lowest BCUT2D eigenvalue weighted by Gasteiger charge is -2.20. The van der Waals surface area contributed by atoms with E-state index in [0.29, 0.717) is 19.4 Å². The van der Waals surface area contributed by atoms with Gasteiger partial charge in [-0.15, -0.1) is 0 Å². The summed E-state index contributed by atoms with van der Waals surface area (Å²) < 4.78 is 5.47. The van der Waals surface area contributed by atoms with E-state index in [1.807, 2.05) is 6.08 Å². The fraction of sp³-hybridized carbons (Fsp3) is 0.926. The lowest BCUT2D eigenvalue weighted by Crippen LogP contribution is -2.45. The molecule has 0 aromatic heterocycles. The largest absolute Gasteiger partial charge is 0.466 e. The maximum absolute atomic E-state index is 12.4. The van der Waals surface area contributed by atoms with E-state index in [-0.39, 0.29) is 18.5 Å². The van der Waals surface area contributed by atoms with Crippen LogP contribution in [0.4, 0.5) is 0 Å². The number of esters is 1. The van der Waals surface area contributed by atoms with Crippen LogP contribution in [0.25, 0.3) is 0 Å². The van der Waals surface area contributed by atoms with Crippen LogP contribution in [0.1, 0.15) is 296 Å². The third-order valence-corrected chi connectivity index (χ3v) is 12.6. The zero-order valence-electron chi connectivity index (χ0n) is 40.5. The first-order chi connectivity index (χ1) is 29.5. The van der Waals surface area contributed by atoms with Gasteiger partial charge in [0.25, 0.3) is 0 Å². The summed E-state index contributed by atoms with van der Waals surface area (Å²) in [6, 6.07) is -0.624. The van der Waals surface area contributed by atoms with Gasteiger partial charge in [0, 0.05) is 12.8 Å². The van der Waals surface area contributed by atoms with Crippen LogP contribution in [0, 0.1) is 0 Å². The number of unbranched alkanes of at least 4 members (excludes halogenated alkanes) is 39. The van der Waals surface area contributed by atoms with Crippen LogP contribution in [-0.4, -0.2) is 47.4 Å². The van der Waals surface area contributed by atoms with Gasteiger partial charge >= 0.3 is 5.97 Å². The van der Waals surface area contributed by atoms with Gasteiger partial charge < -0.3 is 20.3 Å². The van der Waals surface area contributed by atoms with Gasteiger partial charge in [0.05, 0.1) is 25.4 Å². The molecule has 0 rings (SSSR count). The van der Waals surface area contributed by atoms with Gasteiger partial charge in [-0.3, -0.25) is 9.59 Å². The molecule has 0 saturated carbocycles. The summed E-state index contributed by atoms with van der Waals surface area (Å²) in [5, 5.41) is 22.9. The molecule has 356 valence electrons. The Morgan fingerprint density at radius 2 is 0.767 bits per heavy atom. The number of rotatable bonds is 50. The molecule has 0 aromatic rings. The van der Waals surface area contributed by atoms with Gasteiger partial charge in [-0.2, -0.15) is 0 Å². The molecule has 0 fully saturated rings. The molecule has 0 saturated heterocycles. The van der Waals surface area contributed by atoms with E-state index in [2.05, 4.69) is 19.2 Å². The predicted molar refractivity (Wildman–Crippen MR) is 260 cm³/mol. The zero-order chi connectivity index (χ0) is 43.7. The number of aliphatic hydroxyl groups excluding tert-OH is 2. The Hall–Kier alpha value is -1.40. The molecule has 0 spiro atoms. The number of aliphatic hydroxyl groups is 2. The predicted octanol–water partition coefficient (Wildman–Crippen LogP) is 16.1. The van der Waals surface area contributed by atoms with E-state index in [0.717, 1.165) is 38.5 Å². The Kier molecular flexibility index (Phi) is 49.1. The van der Waals surface area contributed by atoms with Crippen LogP contribution >= 0.6 is 0 Å². The number of amides is 1. The number of ether oxygens (including phenoxy) is 1. The highest BCUT2D eigenvalue weighted by Gasteiger charge is 2.18. The Morgan fingerprint density at radius 3 is 1.13 bits per heavy atom. The van der Waals surface area contributed by atoms with Crippen molar-refractivity contribution in [2.75, 3.05) is 13.2 Å². The minimum absolute atomic E-state index is 0.0133. The van der Waals surface area contributed by atoms with Crippen molar-refractivity contribution in [2.45, 2.75) is 309 Å². The lowest BCUT2D eigenvalue weighted by atomic mass is 10.0. The molecule has 0 aromatic carbocycles. The Morgan fingerprint density at radius 1 is 0.450 bits per heavy atom. The van der Waals surface area contributed by atoms with Crippen molar-refractivity contribution in [3.05, 3.63) is 12.2 Å². The summed E-state index contributed by atoms with van der Waals surface area (Å²) in [5.41, 5.74) is 0. The standard InChI is InChI=1S/C54H105NO5/c1-3-5-7-9-11-13-14-28-32-36-40-44-48-54(59)60-49-45-41-37-33-29-26-24-22-20-18-16-15-17-19-21-23-25-27-31-35-39-43-47-53(58)55-51(50-56)52(57)46-42-38-34-30-12-10-8-6-4-2/h42,46,51-52,56-57H,3-41,43-45,47-50H2,1-2H3,(H,55,58)/b46-42+. The van der Waals surface area contributed by atoms with Crippen LogP contribution in [0.15, 0.2) is 12.2 Å². The minimum atomic E-state index is -0.841. The van der Waals surface area contributed by atoms with Crippen LogP contribution in [0.2, 0.25) is 0 Å². The summed E-state index contributed by atoms with van der Waals surface area (Å²) in [5.74, 6) is -0.0569. The first-order valence-corrected chi connectivity index (χ1v) is 27.0.